The molecular formula is C18H20Cl2N4O. The lowest BCUT2D eigenvalue weighted by atomic mass is 10.0. The number of carbonyl (C=O) groups excluding carboxylic acids is 1. The molecule has 25 heavy (non-hydrogen) atoms. The minimum atomic E-state index is -0.0180. The molecular weight excluding hydrogens is 359 g/mol. The van der Waals surface area contributed by atoms with Crippen LogP contribution in [0.15, 0.2) is 36.5 Å². The quantitative estimate of drug-likeness (QED) is 0.845. The Kier molecular flexibility index (Phi) is 5.78. The fraction of sp³-hybridized carbons (Fsp3) is 0.333. The van der Waals surface area contributed by atoms with Crippen LogP contribution in [-0.2, 0) is 0 Å². The number of nitrogens with zero attached hydrogens (tertiary/aromatic N) is 2. The van der Waals surface area contributed by atoms with E-state index in [1.54, 1.807) is 36.5 Å². The summed E-state index contributed by atoms with van der Waals surface area (Å²) in [5, 5.41) is 7.35. The van der Waals surface area contributed by atoms with Crippen LogP contribution < -0.4 is 10.6 Å². The molecule has 1 unspecified atom stereocenters. The molecule has 2 heterocycles. The highest BCUT2D eigenvalue weighted by Crippen LogP contribution is 2.28. The van der Waals surface area contributed by atoms with Crippen molar-refractivity contribution in [2.75, 3.05) is 25.5 Å². The lowest BCUT2D eigenvalue weighted by Crippen LogP contribution is -2.47. The molecule has 1 aromatic heterocycles. The van der Waals surface area contributed by atoms with Crippen molar-refractivity contribution in [3.8, 4) is 0 Å². The monoisotopic (exact) mass is 378 g/mol. The zero-order valence-electron chi connectivity index (χ0n) is 13.9. The number of aromatic nitrogens is 1. The average molecular weight is 379 g/mol. The largest absolute Gasteiger partial charge is 0.340 e. The van der Waals surface area contributed by atoms with E-state index in [1.165, 1.54) is 0 Å². The molecule has 0 bridgehead atoms. The number of hydrogen-bond acceptors (Lipinski definition) is 4. The summed E-state index contributed by atoms with van der Waals surface area (Å²) in [6, 6.07) is 9.12. The van der Waals surface area contributed by atoms with Crippen LogP contribution in [-0.4, -0.2) is 42.0 Å². The van der Waals surface area contributed by atoms with Crippen molar-refractivity contribution < 1.29 is 4.79 Å². The molecule has 7 heteroatoms. The summed E-state index contributed by atoms with van der Waals surface area (Å²) in [5.74, 6) is 0.494. The predicted octanol–water partition coefficient (Wildman–Crippen LogP) is 3.96. The first kappa shape index (κ1) is 18.0. The van der Waals surface area contributed by atoms with E-state index in [9.17, 15) is 4.79 Å². The Morgan fingerprint density at radius 2 is 2.12 bits per heavy atom. The Morgan fingerprint density at radius 3 is 2.88 bits per heavy atom. The van der Waals surface area contributed by atoms with Crippen molar-refractivity contribution in [3.05, 3.63) is 52.1 Å². The molecule has 0 saturated carbocycles. The van der Waals surface area contributed by atoms with E-state index in [0.29, 0.717) is 34.0 Å². The number of anilines is 2. The number of likely N-dealkylation sites (N-methyl/N-ethyl adjacent to an activating group) is 1. The molecule has 1 aliphatic heterocycles. The highest BCUT2D eigenvalue weighted by atomic mass is 35.5. The zero-order chi connectivity index (χ0) is 17.8. The third-order valence-corrected chi connectivity index (χ3v) is 5.08. The molecule has 3 rings (SSSR count). The first-order valence-corrected chi connectivity index (χ1v) is 8.97. The molecule has 0 spiro atoms. The topological polar surface area (TPSA) is 57.3 Å². The number of halogens is 2. The summed E-state index contributed by atoms with van der Waals surface area (Å²) >= 11 is 12.0. The molecule has 0 aliphatic carbocycles. The number of hydrogen-bond donors (Lipinski definition) is 2. The van der Waals surface area contributed by atoms with Gasteiger partial charge in [0, 0.05) is 31.0 Å². The first-order valence-electron chi connectivity index (χ1n) is 8.22. The van der Waals surface area contributed by atoms with Gasteiger partial charge in [-0.1, -0.05) is 23.2 Å². The third-order valence-electron chi connectivity index (χ3n) is 4.34. The van der Waals surface area contributed by atoms with Crippen molar-refractivity contribution >= 4 is 40.6 Å². The molecule has 5 nitrogen and oxygen atoms in total. The van der Waals surface area contributed by atoms with Crippen LogP contribution in [0.25, 0.3) is 0 Å². The van der Waals surface area contributed by atoms with Crippen molar-refractivity contribution in [1.82, 2.24) is 15.2 Å². The Labute approximate surface area is 157 Å². The number of likely N-dealkylation sites (tertiary alicyclic amines) is 1. The SMILES string of the molecule is CNC1CCCN(C(=O)c2cccnc2Nc2ccc(Cl)c(Cl)c2)C1. The number of nitrogens with one attached hydrogen (secondary N) is 2. The van der Waals surface area contributed by atoms with Gasteiger partial charge in [-0.2, -0.15) is 0 Å². The van der Waals surface area contributed by atoms with Gasteiger partial charge < -0.3 is 15.5 Å². The van der Waals surface area contributed by atoms with Gasteiger partial charge >= 0.3 is 0 Å². The lowest BCUT2D eigenvalue weighted by Gasteiger charge is -2.32. The third kappa shape index (κ3) is 4.24. The van der Waals surface area contributed by atoms with Gasteiger partial charge in [-0.15, -0.1) is 0 Å². The van der Waals surface area contributed by atoms with Crippen LogP contribution in [0, 0.1) is 0 Å². The van der Waals surface area contributed by atoms with Gasteiger partial charge in [0.2, 0.25) is 0 Å². The molecule has 2 N–H and O–H groups in total. The summed E-state index contributed by atoms with van der Waals surface area (Å²) in [5.41, 5.74) is 1.28. The highest BCUT2D eigenvalue weighted by molar-refractivity contribution is 6.42. The number of amides is 1. The Balaban J connectivity index is 1.82. The van der Waals surface area contributed by atoms with Crippen LogP contribution in [0.2, 0.25) is 10.0 Å². The van der Waals surface area contributed by atoms with Crippen molar-refractivity contribution in [1.29, 1.82) is 0 Å². The summed E-state index contributed by atoms with van der Waals surface area (Å²) in [6.45, 7) is 1.47. The van der Waals surface area contributed by atoms with Crippen molar-refractivity contribution in [2.24, 2.45) is 0 Å². The number of piperidine rings is 1. The van der Waals surface area contributed by atoms with Gasteiger partial charge in [0.05, 0.1) is 15.6 Å². The summed E-state index contributed by atoms with van der Waals surface area (Å²) < 4.78 is 0. The van der Waals surface area contributed by atoms with E-state index in [1.807, 2.05) is 11.9 Å². The van der Waals surface area contributed by atoms with Crippen LogP contribution in [0.5, 0.6) is 0 Å². The maximum Gasteiger partial charge on any atom is 0.257 e. The van der Waals surface area contributed by atoms with Gasteiger partial charge in [-0.05, 0) is 50.2 Å². The Morgan fingerprint density at radius 1 is 1.28 bits per heavy atom. The maximum atomic E-state index is 13.0. The van der Waals surface area contributed by atoms with E-state index in [-0.39, 0.29) is 5.91 Å². The standard InChI is InChI=1S/C18H20Cl2N4O/c1-21-13-4-3-9-24(11-13)18(25)14-5-2-8-22-17(14)23-12-6-7-15(19)16(20)10-12/h2,5-8,10,13,21H,3-4,9,11H2,1H3,(H,22,23). The molecule has 1 fully saturated rings. The first-order chi connectivity index (χ1) is 12.1. The second-order valence-corrected chi connectivity index (χ2v) is 6.85. The zero-order valence-corrected chi connectivity index (χ0v) is 15.4. The molecule has 1 amide bonds. The van der Waals surface area contributed by atoms with Crippen LogP contribution in [0.3, 0.4) is 0 Å². The van der Waals surface area contributed by atoms with Gasteiger partial charge in [0.25, 0.3) is 5.91 Å². The minimum absolute atomic E-state index is 0.0180. The fourth-order valence-corrected chi connectivity index (χ4v) is 3.25. The predicted molar refractivity (Wildman–Crippen MR) is 102 cm³/mol. The molecule has 2 aromatic rings. The van der Waals surface area contributed by atoms with Gasteiger partial charge in [0.15, 0.2) is 0 Å². The molecule has 1 saturated heterocycles. The Bertz CT molecular complexity index is 768. The smallest absolute Gasteiger partial charge is 0.257 e. The van der Waals surface area contributed by atoms with Crippen LogP contribution >= 0.6 is 23.2 Å². The molecule has 132 valence electrons. The highest BCUT2D eigenvalue weighted by Gasteiger charge is 2.25. The Hall–Kier alpha value is -1.82. The minimum Gasteiger partial charge on any atom is -0.340 e. The van der Waals surface area contributed by atoms with E-state index in [2.05, 4.69) is 15.6 Å². The normalized spacial score (nSPS) is 17.4. The molecule has 1 atom stereocenters. The van der Waals surface area contributed by atoms with E-state index >= 15 is 0 Å². The van der Waals surface area contributed by atoms with E-state index in [0.717, 1.165) is 25.1 Å². The number of rotatable bonds is 4. The lowest BCUT2D eigenvalue weighted by molar-refractivity contribution is 0.0699. The van der Waals surface area contributed by atoms with Crippen molar-refractivity contribution in [2.45, 2.75) is 18.9 Å². The van der Waals surface area contributed by atoms with Gasteiger partial charge in [0.1, 0.15) is 5.82 Å². The number of carbonyl (C=O) groups is 1. The number of pyridine rings is 1. The second kappa shape index (κ2) is 8.04. The van der Waals surface area contributed by atoms with Gasteiger partial charge in [-0.3, -0.25) is 4.79 Å². The summed E-state index contributed by atoms with van der Waals surface area (Å²) in [4.78, 5) is 19.2. The fourth-order valence-electron chi connectivity index (χ4n) is 2.96. The number of benzene rings is 1. The van der Waals surface area contributed by atoms with E-state index in [4.69, 9.17) is 23.2 Å². The second-order valence-electron chi connectivity index (χ2n) is 6.03. The summed E-state index contributed by atoms with van der Waals surface area (Å²) in [6.07, 6.45) is 3.73. The molecule has 0 radical (unpaired) electrons. The van der Waals surface area contributed by atoms with Crippen LogP contribution in [0.1, 0.15) is 23.2 Å². The average Bonchev–Trinajstić information content (AvgIpc) is 2.64. The molecule has 1 aromatic carbocycles. The van der Waals surface area contributed by atoms with E-state index < -0.39 is 0 Å². The van der Waals surface area contributed by atoms with Crippen molar-refractivity contribution in [3.63, 3.8) is 0 Å². The molecule has 1 aliphatic rings. The summed E-state index contributed by atoms with van der Waals surface area (Å²) in [7, 11) is 1.93. The van der Waals surface area contributed by atoms with Crippen LogP contribution in [0.4, 0.5) is 11.5 Å². The maximum absolute atomic E-state index is 13.0. The van der Waals surface area contributed by atoms with Gasteiger partial charge in [-0.25, -0.2) is 4.98 Å².